The summed E-state index contributed by atoms with van der Waals surface area (Å²) in [5.41, 5.74) is 0. The van der Waals surface area contributed by atoms with Crippen molar-refractivity contribution in [2.45, 2.75) is 18.1 Å². The predicted molar refractivity (Wildman–Crippen MR) is 36.9 cm³/mol. The maximum Gasteiger partial charge on any atom is 0.214 e. The van der Waals surface area contributed by atoms with Crippen LogP contribution in [0.1, 0.15) is 12.8 Å². The number of hydrogen-bond donors (Lipinski definition) is 1. The SMILES string of the molecule is NS(=O)(=O)[C@H]1CCCOC1. The number of sulfonamides is 1. The summed E-state index contributed by atoms with van der Waals surface area (Å²) in [5.74, 6) is 0. The van der Waals surface area contributed by atoms with Crippen molar-refractivity contribution in [1.82, 2.24) is 0 Å². The summed E-state index contributed by atoms with van der Waals surface area (Å²) in [7, 11) is -3.35. The number of hydrogen-bond acceptors (Lipinski definition) is 3. The lowest BCUT2D eigenvalue weighted by molar-refractivity contribution is 0.0991. The molecule has 5 heteroatoms. The fourth-order valence-electron chi connectivity index (χ4n) is 0.970. The van der Waals surface area contributed by atoms with Gasteiger partial charge in [0, 0.05) is 6.61 Å². The van der Waals surface area contributed by atoms with Crippen LogP contribution in [0.5, 0.6) is 0 Å². The van der Waals surface area contributed by atoms with Crippen LogP contribution in [0.4, 0.5) is 0 Å². The normalized spacial score (nSPS) is 28.3. The van der Waals surface area contributed by atoms with Gasteiger partial charge in [-0.05, 0) is 12.8 Å². The molecule has 0 saturated carbocycles. The molecule has 1 saturated heterocycles. The van der Waals surface area contributed by atoms with Gasteiger partial charge < -0.3 is 4.74 Å². The van der Waals surface area contributed by atoms with Crippen molar-refractivity contribution in [2.24, 2.45) is 5.14 Å². The van der Waals surface area contributed by atoms with Crippen LogP contribution in [0.15, 0.2) is 0 Å². The zero-order valence-corrected chi connectivity index (χ0v) is 6.43. The summed E-state index contributed by atoms with van der Waals surface area (Å²) < 4.78 is 26.3. The zero-order chi connectivity index (χ0) is 7.61. The third-order valence-corrected chi connectivity index (χ3v) is 2.88. The zero-order valence-electron chi connectivity index (χ0n) is 5.62. The molecule has 0 bridgehead atoms. The van der Waals surface area contributed by atoms with Crippen LogP contribution in [0, 0.1) is 0 Å². The smallest absolute Gasteiger partial charge is 0.214 e. The molecular formula is C5H11NO3S. The fraction of sp³-hybridized carbons (Fsp3) is 1.00. The van der Waals surface area contributed by atoms with Gasteiger partial charge in [-0.1, -0.05) is 0 Å². The average molecular weight is 165 g/mol. The van der Waals surface area contributed by atoms with Crippen LogP contribution in [0.3, 0.4) is 0 Å². The summed E-state index contributed by atoms with van der Waals surface area (Å²) >= 11 is 0. The first-order valence-electron chi connectivity index (χ1n) is 3.20. The molecule has 2 N–H and O–H groups in total. The van der Waals surface area contributed by atoms with E-state index >= 15 is 0 Å². The molecule has 1 atom stereocenters. The standard InChI is InChI=1S/C5H11NO3S/c6-10(7,8)5-2-1-3-9-4-5/h5H,1-4H2,(H2,6,7,8)/t5-/m0/s1. The Labute approximate surface area is 60.4 Å². The van der Waals surface area contributed by atoms with Crippen LogP contribution >= 0.6 is 0 Å². The van der Waals surface area contributed by atoms with E-state index in [0.29, 0.717) is 13.0 Å². The van der Waals surface area contributed by atoms with E-state index in [0.717, 1.165) is 6.42 Å². The highest BCUT2D eigenvalue weighted by Gasteiger charge is 2.23. The first kappa shape index (κ1) is 7.97. The second-order valence-corrected chi connectivity index (χ2v) is 4.27. The van der Waals surface area contributed by atoms with E-state index in [1.165, 1.54) is 0 Å². The monoisotopic (exact) mass is 165 g/mol. The summed E-state index contributed by atoms with van der Waals surface area (Å²) in [5, 5.41) is 4.43. The van der Waals surface area contributed by atoms with Gasteiger partial charge in [0.15, 0.2) is 0 Å². The molecule has 1 heterocycles. The van der Waals surface area contributed by atoms with Gasteiger partial charge >= 0.3 is 0 Å². The van der Waals surface area contributed by atoms with E-state index in [1.807, 2.05) is 0 Å². The lowest BCUT2D eigenvalue weighted by Gasteiger charge is -2.19. The van der Waals surface area contributed by atoms with E-state index < -0.39 is 15.3 Å². The molecule has 0 aromatic heterocycles. The van der Waals surface area contributed by atoms with Gasteiger partial charge in [-0.3, -0.25) is 0 Å². The second kappa shape index (κ2) is 2.86. The Morgan fingerprint density at radius 1 is 1.50 bits per heavy atom. The molecular weight excluding hydrogens is 154 g/mol. The maximum atomic E-state index is 10.7. The third kappa shape index (κ3) is 1.93. The van der Waals surface area contributed by atoms with E-state index in [4.69, 9.17) is 9.88 Å². The molecule has 1 aliphatic rings. The van der Waals surface area contributed by atoms with Crippen LogP contribution in [0.25, 0.3) is 0 Å². The van der Waals surface area contributed by atoms with Crippen molar-refractivity contribution in [2.75, 3.05) is 13.2 Å². The van der Waals surface area contributed by atoms with E-state index in [9.17, 15) is 8.42 Å². The number of ether oxygens (including phenoxy) is 1. The number of primary sulfonamides is 1. The van der Waals surface area contributed by atoms with Gasteiger partial charge in [-0.15, -0.1) is 0 Å². The van der Waals surface area contributed by atoms with Crippen LogP contribution in [-0.4, -0.2) is 26.9 Å². The van der Waals surface area contributed by atoms with Crippen LogP contribution in [0.2, 0.25) is 0 Å². The highest BCUT2D eigenvalue weighted by atomic mass is 32.2. The van der Waals surface area contributed by atoms with Gasteiger partial charge in [0.25, 0.3) is 0 Å². The Morgan fingerprint density at radius 3 is 2.50 bits per heavy atom. The minimum absolute atomic E-state index is 0.263. The first-order valence-corrected chi connectivity index (χ1v) is 4.81. The van der Waals surface area contributed by atoms with E-state index in [1.54, 1.807) is 0 Å². The molecule has 0 aromatic rings. The summed E-state index contributed by atoms with van der Waals surface area (Å²) in [4.78, 5) is 0. The molecule has 1 rings (SSSR count). The first-order chi connectivity index (χ1) is 4.61. The maximum absolute atomic E-state index is 10.7. The van der Waals surface area contributed by atoms with Gasteiger partial charge in [-0.25, -0.2) is 13.6 Å². The second-order valence-electron chi connectivity index (χ2n) is 2.43. The highest BCUT2D eigenvalue weighted by molar-refractivity contribution is 7.89. The van der Waals surface area contributed by atoms with Crippen molar-refractivity contribution in [3.05, 3.63) is 0 Å². The summed E-state index contributed by atoms with van der Waals surface area (Å²) in [6.07, 6.45) is 1.43. The Bertz CT molecular complexity index is 193. The number of nitrogens with two attached hydrogens (primary N) is 1. The predicted octanol–water partition coefficient (Wildman–Crippen LogP) is -0.546. The fourth-order valence-corrected chi connectivity index (χ4v) is 1.75. The van der Waals surface area contributed by atoms with Crippen molar-refractivity contribution in [1.29, 1.82) is 0 Å². The average Bonchev–Trinajstić information content (AvgIpc) is 1.88. The van der Waals surface area contributed by atoms with Crippen LogP contribution < -0.4 is 5.14 Å². The molecule has 1 aliphatic heterocycles. The van der Waals surface area contributed by atoms with Crippen molar-refractivity contribution in [3.8, 4) is 0 Å². The molecule has 1 fully saturated rings. The minimum Gasteiger partial charge on any atom is -0.380 e. The Hall–Kier alpha value is -0.130. The van der Waals surface area contributed by atoms with Gasteiger partial charge in [0.1, 0.15) is 0 Å². The molecule has 4 nitrogen and oxygen atoms in total. The quantitative estimate of drug-likeness (QED) is 0.567. The number of rotatable bonds is 1. The molecule has 0 unspecified atom stereocenters. The van der Waals surface area contributed by atoms with Gasteiger partial charge in [-0.2, -0.15) is 0 Å². The topological polar surface area (TPSA) is 69.4 Å². The molecule has 10 heavy (non-hydrogen) atoms. The minimum atomic E-state index is -3.35. The van der Waals surface area contributed by atoms with E-state index in [2.05, 4.69) is 0 Å². The molecule has 0 aromatic carbocycles. The van der Waals surface area contributed by atoms with Crippen molar-refractivity contribution >= 4 is 10.0 Å². The molecule has 0 spiro atoms. The largest absolute Gasteiger partial charge is 0.380 e. The molecule has 0 radical (unpaired) electrons. The summed E-state index contributed by atoms with van der Waals surface area (Å²) in [6.45, 7) is 0.921. The summed E-state index contributed by atoms with van der Waals surface area (Å²) in [6, 6.07) is 0. The lowest BCUT2D eigenvalue weighted by atomic mass is 10.2. The van der Waals surface area contributed by atoms with Crippen molar-refractivity contribution < 1.29 is 13.2 Å². The Balaban J connectivity index is 2.56. The highest BCUT2D eigenvalue weighted by Crippen LogP contribution is 2.11. The lowest BCUT2D eigenvalue weighted by Crippen LogP contribution is -2.35. The molecule has 60 valence electrons. The molecule has 0 aliphatic carbocycles. The molecule has 0 amide bonds. The van der Waals surface area contributed by atoms with Gasteiger partial charge in [0.05, 0.1) is 11.9 Å². The van der Waals surface area contributed by atoms with Crippen LogP contribution in [-0.2, 0) is 14.8 Å². The Morgan fingerprint density at radius 2 is 2.20 bits per heavy atom. The third-order valence-electron chi connectivity index (χ3n) is 1.58. The van der Waals surface area contributed by atoms with Crippen molar-refractivity contribution in [3.63, 3.8) is 0 Å². The van der Waals surface area contributed by atoms with Gasteiger partial charge in [0.2, 0.25) is 10.0 Å². The van der Waals surface area contributed by atoms with E-state index in [-0.39, 0.29) is 6.61 Å². The Kier molecular flexibility index (Phi) is 2.28.